The number of rotatable bonds is 2. The minimum atomic E-state index is -0.209. The monoisotopic (exact) mass is 464 g/mol. The van der Waals surface area contributed by atoms with Crippen molar-refractivity contribution in [1.29, 1.82) is 0 Å². The van der Waals surface area contributed by atoms with E-state index in [1.54, 1.807) is 6.07 Å². The molecule has 2 N–H and O–H groups in total. The van der Waals surface area contributed by atoms with E-state index in [0.29, 0.717) is 35.9 Å². The van der Waals surface area contributed by atoms with Gasteiger partial charge in [0.05, 0.1) is 12.1 Å². The molecule has 2 aromatic carbocycles. The molecular weight excluding hydrogens is 436 g/mol. The number of hydrogen-bond donors (Lipinski definition) is 2. The Kier molecular flexibility index (Phi) is 6.13. The Bertz CT molecular complexity index is 1100. The molecule has 0 radical (unpaired) electrons. The van der Waals surface area contributed by atoms with E-state index in [-0.39, 0.29) is 23.9 Å². The van der Waals surface area contributed by atoms with Crippen molar-refractivity contribution >= 4 is 29.1 Å². The number of halogens is 1. The van der Waals surface area contributed by atoms with E-state index in [4.69, 9.17) is 11.6 Å². The maximum atomic E-state index is 13.5. The second kappa shape index (κ2) is 9.20. The highest BCUT2D eigenvalue weighted by Crippen LogP contribution is 2.36. The van der Waals surface area contributed by atoms with Gasteiger partial charge in [-0.2, -0.15) is 0 Å². The van der Waals surface area contributed by atoms with E-state index in [2.05, 4.69) is 46.9 Å². The van der Waals surface area contributed by atoms with Gasteiger partial charge in [0.1, 0.15) is 5.70 Å². The van der Waals surface area contributed by atoms with Crippen molar-refractivity contribution in [1.82, 2.24) is 15.3 Å². The zero-order valence-corrected chi connectivity index (χ0v) is 19.6. The Labute approximate surface area is 199 Å². The van der Waals surface area contributed by atoms with Gasteiger partial charge in [-0.1, -0.05) is 60.3 Å². The Morgan fingerprint density at radius 2 is 1.88 bits per heavy atom. The van der Waals surface area contributed by atoms with Gasteiger partial charge in [-0.3, -0.25) is 14.6 Å². The summed E-state index contributed by atoms with van der Waals surface area (Å²) in [5, 5.41) is 5.67. The smallest absolute Gasteiger partial charge is 0.271 e. The SMILES string of the molecule is Cc1ccc(CN2CC3CCCCCC(=O)Nc4cc(Cl)ccc4C4C=C(C2=O)N3N4)cc1. The van der Waals surface area contributed by atoms with Crippen LogP contribution in [0.2, 0.25) is 5.02 Å². The van der Waals surface area contributed by atoms with Gasteiger partial charge >= 0.3 is 0 Å². The summed E-state index contributed by atoms with van der Waals surface area (Å²) in [4.78, 5) is 27.9. The van der Waals surface area contributed by atoms with Crippen molar-refractivity contribution in [2.45, 2.75) is 57.7 Å². The predicted molar refractivity (Wildman–Crippen MR) is 129 cm³/mol. The van der Waals surface area contributed by atoms with Gasteiger partial charge in [0.2, 0.25) is 5.91 Å². The lowest BCUT2D eigenvalue weighted by Crippen LogP contribution is -2.56. The van der Waals surface area contributed by atoms with E-state index >= 15 is 0 Å². The molecular formula is C26H29ClN4O2. The summed E-state index contributed by atoms with van der Waals surface area (Å²) in [6.07, 6.45) is 6.29. The van der Waals surface area contributed by atoms with E-state index in [1.165, 1.54) is 5.56 Å². The first kappa shape index (κ1) is 22.0. The topological polar surface area (TPSA) is 64.7 Å². The normalized spacial score (nSPS) is 23.2. The Balaban J connectivity index is 1.48. The molecule has 2 amide bonds. The largest absolute Gasteiger partial charge is 0.331 e. The number of carbonyl (C=O) groups is 2. The Hall–Kier alpha value is -2.83. The number of benzene rings is 2. The molecule has 0 aliphatic carbocycles. The summed E-state index contributed by atoms with van der Waals surface area (Å²) < 4.78 is 0. The van der Waals surface area contributed by atoms with Crippen LogP contribution in [0.15, 0.2) is 54.2 Å². The molecule has 2 unspecified atom stereocenters. The van der Waals surface area contributed by atoms with Gasteiger partial charge < -0.3 is 10.2 Å². The zero-order valence-electron chi connectivity index (χ0n) is 18.8. The number of amides is 2. The van der Waals surface area contributed by atoms with Gasteiger partial charge in [-0.25, -0.2) is 5.43 Å². The molecule has 7 heteroatoms. The first-order valence-corrected chi connectivity index (χ1v) is 12.1. The molecule has 5 rings (SSSR count). The van der Waals surface area contributed by atoms with Crippen molar-refractivity contribution in [2.24, 2.45) is 0 Å². The Morgan fingerprint density at radius 1 is 1.06 bits per heavy atom. The molecule has 172 valence electrons. The first-order valence-electron chi connectivity index (χ1n) is 11.7. The van der Waals surface area contributed by atoms with Crippen LogP contribution in [-0.4, -0.2) is 34.3 Å². The van der Waals surface area contributed by atoms with Gasteiger partial charge in [0.15, 0.2) is 0 Å². The minimum absolute atomic E-state index is 0.000753. The predicted octanol–water partition coefficient (Wildman–Crippen LogP) is 4.71. The summed E-state index contributed by atoms with van der Waals surface area (Å²) in [5.74, 6) is 0.0364. The molecule has 2 atom stereocenters. The molecule has 0 aromatic heterocycles. The lowest BCUT2D eigenvalue weighted by molar-refractivity contribution is -0.135. The van der Waals surface area contributed by atoms with Crippen molar-refractivity contribution in [2.75, 3.05) is 11.9 Å². The molecule has 1 saturated heterocycles. The molecule has 33 heavy (non-hydrogen) atoms. The highest BCUT2D eigenvalue weighted by atomic mass is 35.5. The van der Waals surface area contributed by atoms with Crippen molar-refractivity contribution in [3.05, 3.63) is 76.0 Å². The highest BCUT2D eigenvalue weighted by molar-refractivity contribution is 6.31. The number of hydrazine groups is 1. The van der Waals surface area contributed by atoms with Crippen LogP contribution in [0.1, 0.15) is 54.8 Å². The molecule has 3 heterocycles. The zero-order chi connectivity index (χ0) is 22.9. The van der Waals surface area contributed by atoms with Crippen LogP contribution in [0.3, 0.4) is 0 Å². The molecule has 2 bridgehead atoms. The molecule has 1 fully saturated rings. The third kappa shape index (κ3) is 4.63. The number of nitrogens with zero attached hydrogens (tertiary/aromatic N) is 2. The number of anilines is 1. The summed E-state index contributed by atoms with van der Waals surface area (Å²) in [5.41, 5.74) is 8.19. The number of hydrogen-bond acceptors (Lipinski definition) is 4. The fourth-order valence-corrected chi connectivity index (χ4v) is 5.12. The van der Waals surface area contributed by atoms with E-state index in [0.717, 1.165) is 36.8 Å². The number of carbonyl (C=O) groups excluding carboxylic acids is 2. The van der Waals surface area contributed by atoms with Gasteiger partial charge in [0, 0.05) is 30.2 Å². The average Bonchev–Trinajstić information content (AvgIpc) is 3.23. The van der Waals surface area contributed by atoms with Crippen LogP contribution in [0.25, 0.3) is 0 Å². The van der Waals surface area contributed by atoms with E-state index in [1.807, 2.05) is 23.1 Å². The van der Waals surface area contributed by atoms with Crippen molar-refractivity contribution in [3.63, 3.8) is 0 Å². The van der Waals surface area contributed by atoms with E-state index in [9.17, 15) is 9.59 Å². The lowest BCUT2D eigenvalue weighted by Gasteiger charge is -2.41. The second-order valence-corrected chi connectivity index (χ2v) is 9.67. The molecule has 0 saturated carbocycles. The number of piperazine rings is 1. The van der Waals surface area contributed by atoms with Crippen LogP contribution in [-0.2, 0) is 16.1 Å². The van der Waals surface area contributed by atoms with Crippen molar-refractivity contribution < 1.29 is 9.59 Å². The molecule has 0 spiro atoms. The van der Waals surface area contributed by atoms with Crippen LogP contribution in [0.4, 0.5) is 5.69 Å². The maximum absolute atomic E-state index is 13.5. The summed E-state index contributed by atoms with van der Waals surface area (Å²) in [6.45, 7) is 3.35. The summed E-state index contributed by atoms with van der Waals surface area (Å²) in [6, 6.07) is 13.9. The highest BCUT2D eigenvalue weighted by Gasteiger charge is 2.41. The quantitative estimate of drug-likeness (QED) is 0.675. The molecule has 3 aliphatic heterocycles. The van der Waals surface area contributed by atoms with Gasteiger partial charge in [-0.05, 0) is 49.1 Å². The van der Waals surface area contributed by atoms with Crippen LogP contribution < -0.4 is 10.7 Å². The van der Waals surface area contributed by atoms with Crippen LogP contribution >= 0.6 is 11.6 Å². The minimum Gasteiger partial charge on any atom is -0.331 e. The molecule has 6 nitrogen and oxygen atoms in total. The summed E-state index contributed by atoms with van der Waals surface area (Å²) in [7, 11) is 0. The molecule has 2 aromatic rings. The van der Waals surface area contributed by atoms with Crippen LogP contribution in [0.5, 0.6) is 0 Å². The second-order valence-electron chi connectivity index (χ2n) is 9.23. The molecule has 3 aliphatic rings. The third-order valence-electron chi connectivity index (χ3n) is 6.72. The standard InChI is InChI=1S/C26H29ClN4O2/c1-17-7-9-18(10-8-17)15-30-16-20-5-3-2-4-6-25(32)28-22-13-19(27)11-12-21(22)23-14-24(26(30)33)31(20)29-23/h7-14,20,23,29H,2-6,15-16H2,1H3,(H,28,32). The summed E-state index contributed by atoms with van der Waals surface area (Å²) >= 11 is 6.24. The number of fused-ring (bicyclic) bond motifs is 3. The fourth-order valence-electron chi connectivity index (χ4n) is 4.95. The fraction of sp³-hybridized carbons (Fsp3) is 0.385. The maximum Gasteiger partial charge on any atom is 0.271 e. The van der Waals surface area contributed by atoms with Gasteiger partial charge in [-0.15, -0.1) is 0 Å². The average molecular weight is 465 g/mol. The van der Waals surface area contributed by atoms with E-state index < -0.39 is 0 Å². The Morgan fingerprint density at radius 3 is 2.70 bits per heavy atom. The third-order valence-corrected chi connectivity index (χ3v) is 6.96. The number of nitrogens with one attached hydrogen (secondary N) is 2. The van der Waals surface area contributed by atoms with Gasteiger partial charge in [0.25, 0.3) is 5.91 Å². The first-order chi connectivity index (χ1) is 16.0. The van der Waals surface area contributed by atoms with Crippen molar-refractivity contribution in [3.8, 4) is 0 Å². The number of aryl methyl sites for hydroxylation is 1. The van der Waals surface area contributed by atoms with Crippen LogP contribution in [0, 0.1) is 6.92 Å². The lowest BCUT2D eigenvalue weighted by atomic mass is 10.0.